The molecule has 0 saturated carbocycles. The number of nitrogens with zero attached hydrogens (tertiary/aromatic N) is 6. The van der Waals surface area contributed by atoms with E-state index in [1.165, 1.54) is 17.8 Å². The first kappa shape index (κ1) is 19.9. The van der Waals surface area contributed by atoms with Crippen molar-refractivity contribution in [2.45, 2.75) is 0 Å². The predicted molar refractivity (Wildman–Crippen MR) is 123 cm³/mol. The van der Waals surface area contributed by atoms with Gasteiger partial charge in [-0.15, -0.1) is 0 Å². The average molecular weight is 430 g/mol. The molecule has 1 aliphatic rings. The summed E-state index contributed by atoms with van der Waals surface area (Å²) in [5, 5.41) is 6.66. The molecular formula is C22H22N8O2. The number of fused-ring (bicyclic) bond motifs is 1. The summed E-state index contributed by atoms with van der Waals surface area (Å²) in [5.41, 5.74) is 0.984. The molecule has 4 aromatic rings. The lowest BCUT2D eigenvalue weighted by Gasteiger charge is -2.29. The number of benzene rings is 1. The fourth-order valence-electron chi connectivity index (χ4n) is 3.76. The molecule has 0 bridgehead atoms. The maximum absolute atomic E-state index is 12.9. The van der Waals surface area contributed by atoms with E-state index in [9.17, 15) is 9.59 Å². The normalized spacial score (nSPS) is 14.0. The fraction of sp³-hybridized carbons (Fsp3) is 0.227. The van der Waals surface area contributed by atoms with E-state index in [1.54, 1.807) is 12.1 Å². The first-order chi connectivity index (χ1) is 15.6. The fourth-order valence-corrected chi connectivity index (χ4v) is 3.76. The van der Waals surface area contributed by atoms with Gasteiger partial charge in [0.05, 0.1) is 17.6 Å². The second kappa shape index (κ2) is 8.23. The second-order valence-corrected chi connectivity index (χ2v) is 7.51. The number of pyridine rings is 1. The molecule has 1 aliphatic heterocycles. The van der Waals surface area contributed by atoms with Crippen molar-refractivity contribution in [1.29, 1.82) is 0 Å². The smallest absolute Gasteiger partial charge is 0.337 e. The third-order valence-electron chi connectivity index (χ3n) is 5.48. The minimum absolute atomic E-state index is 0.235. The predicted octanol–water partition coefficient (Wildman–Crippen LogP) is 1.03. The number of para-hydroxylation sites is 1. The molecule has 162 valence electrons. The largest absolute Gasteiger partial charge is 0.368 e. The van der Waals surface area contributed by atoms with Crippen LogP contribution in [0.4, 0.5) is 17.5 Å². The molecule has 0 spiro atoms. The molecule has 10 nitrogen and oxygen atoms in total. The number of aromatic nitrogens is 5. The molecule has 1 aromatic carbocycles. The monoisotopic (exact) mass is 430 g/mol. The molecule has 4 heterocycles. The number of hydrogen-bond acceptors (Lipinski definition) is 8. The second-order valence-electron chi connectivity index (χ2n) is 7.51. The molecule has 32 heavy (non-hydrogen) atoms. The van der Waals surface area contributed by atoms with Gasteiger partial charge in [-0.2, -0.15) is 4.98 Å². The van der Waals surface area contributed by atoms with Crippen LogP contribution < -0.4 is 26.8 Å². The van der Waals surface area contributed by atoms with Gasteiger partial charge in [0.2, 0.25) is 5.95 Å². The molecule has 1 fully saturated rings. The van der Waals surface area contributed by atoms with Gasteiger partial charge in [0, 0.05) is 39.4 Å². The molecule has 0 unspecified atom stereocenters. The van der Waals surface area contributed by atoms with E-state index in [4.69, 9.17) is 0 Å². The van der Waals surface area contributed by atoms with Gasteiger partial charge < -0.3 is 15.5 Å². The van der Waals surface area contributed by atoms with Crippen LogP contribution in [-0.4, -0.2) is 50.3 Å². The van der Waals surface area contributed by atoms with E-state index in [0.29, 0.717) is 11.5 Å². The minimum atomic E-state index is -0.475. The highest BCUT2D eigenvalue weighted by molar-refractivity contribution is 5.76. The number of hydrogen-bond donors (Lipinski definition) is 2. The molecule has 0 amide bonds. The zero-order valence-electron chi connectivity index (χ0n) is 17.5. The molecule has 2 N–H and O–H groups in total. The zero-order valence-corrected chi connectivity index (χ0v) is 17.5. The van der Waals surface area contributed by atoms with E-state index in [-0.39, 0.29) is 17.0 Å². The van der Waals surface area contributed by atoms with Crippen LogP contribution >= 0.6 is 0 Å². The van der Waals surface area contributed by atoms with E-state index in [0.717, 1.165) is 36.4 Å². The maximum Gasteiger partial charge on any atom is 0.337 e. The van der Waals surface area contributed by atoms with Gasteiger partial charge in [-0.05, 0) is 24.3 Å². The van der Waals surface area contributed by atoms with Crippen LogP contribution in [0.5, 0.6) is 0 Å². The molecule has 5 rings (SSSR count). The lowest BCUT2D eigenvalue weighted by atomic mass is 10.3. The van der Waals surface area contributed by atoms with Crippen LogP contribution in [0.1, 0.15) is 0 Å². The van der Waals surface area contributed by atoms with Gasteiger partial charge in [-0.3, -0.25) is 9.36 Å². The van der Waals surface area contributed by atoms with Crippen LogP contribution in [0.3, 0.4) is 0 Å². The summed E-state index contributed by atoms with van der Waals surface area (Å²) in [6.45, 7) is 3.78. The number of rotatable bonds is 4. The standard InChI is InChI=1S/C22H22N8O2/c1-28-20(31)17-14-25-21(27-19(17)30(22(28)32)15-5-3-2-4-6-15)26-18-8-7-16(13-24-18)29-11-9-23-10-12-29/h2-8,13-14,23H,9-12H2,1H3,(H,24,25,26,27). The third kappa shape index (κ3) is 3.60. The Morgan fingerprint density at radius 2 is 1.72 bits per heavy atom. The van der Waals surface area contributed by atoms with Crippen molar-refractivity contribution in [2.75, 3.05) is 36.4 Å². The molecule has 0 radical (unpaired) electrons. The van der Waals surface area contributed by atoms with Gasteiger partial charge in [0.1, 0.15) is 11.2 Å². The summed E-state index contributed by atoms with van der Waals surface area (Å²) < 4.78 is 2.46. The van der Waals surface area contributed by atoms with Gasteiger partial charge in [-0.1, -0.05) is 18.2 Å². The van der Waals surface area contributed by atoms with Gasteiger partial charge in [0.15, 0.2) is 5.65 Å². The van der Waals surface area contributed by atoms with Crippen LogP contribution in [0.15, 0.2) is 64.4 Å². The van der Waals surface area contributed by atoms with E-state index >= 15 is 0 Å². The molecule has 10 heteroatoms. The van der Waals surface area contributed by atoms with Crippen molar-refractivity contribution in [3.05, 3.63) is 75.7 Å². The Balaban J connectivity index is 1.52. The van der Waals surface area contributed by atoms with E-state index in [2.05, 4.69) is 30.5 Å². The molecule has 3 aromatic heterocycles. The van der Waals surface area contributed by atoms with Crippen molar-refractivity contribution < 1.29 is 0 Å². The van der Waals surface area contributed by atoms with Crippen molar-refractivity contribution in [3.8, 4) is 5.69 Å². The zero-order chi connectivity index (χ0) is 22.1. The SMILES string of the molecule is Cn1c(=O)c2cnc(Nc3ccc(N4CCNCC4)cn3)nc2n(-c2ccccc2)c1=O. The Labute approximate surface area is 183 Å². The van der Waals surface area contributed by atoms with Crippen molar-refractivity contribution in [2.24, 2.45) is 7.05 Å². The summed E-state index contributed by atoms with van der Waals surface area (Å²) in [7, 11) is 1.44. The first-order valence-corrected chi connectivity index (χ1v) is 10.3. The van der Waals surface area contributed by atoms with Gasteiger partial charge >= 0.3 is 5.69 Å². The Hall–Kier alpha value is -4.05. The minimum Gasteiger partial charge on any atom is -0.368 e. The van der Waals surface area contributed by atoms with Gasteiger partial charge in [-0.25, -0.2) is 19.3 Å². The molecule has 0 aliphatic carbocycles. The summed E-state index contributed by atoms with van der Waals surface area (Å²) in [6.07, 6.45) is 3.24. The summed E-state index contributed by atoms with van der Waals surface area (Å²) >= 11 is 0. The Morgan fingerprint density at radius 3 is 2.44 bits per heavy atom. The Kier molecular flexibility index (Phi) is 5.12. The van der Waals surface area contributed by atoms with Crippen molar-refractivity contribution in [1.82, 2.24) is 29.4 Å². The highest BCUT2D eigenvalue weighted by Gasteiger charge is 2.15. The lowest BCUT2D eigenvalue weighted by molar-refractivity contribution is 0.589. The average Bonchev–Trinajstić information content (AvgIpc) is 2.84. The van der Waals surface area contributed by atoms with E-state index < -0.39 is 11.2 Å². The van der Waals surface area contributed by atoms with Gasteiger partial charge in [0.25, 0.3) is 5.56 Å². The first-order valence-electron chi connectivity index (χ1n) is 10.3. The highest BCUT2D eigenvalue weighted by Crippen LogP contribution is 2.19. The molecule has 0 atom stereocenters. The lowest BCUT2D eigenvalue weighted by Crippen LogP contribution is -2.43. The Bertz CT molecular complexity index is 1370. The summed E-state index contributed by atoms with van der Waals surface area (Å²) in [5.74, 6) is 0.818. The van der Waals surface area contributed by atoms with Crippen molar-refractivity contribution >= 4 is 28.5 Å². The maximum atomic E-state index is 12.9. The third-order valence-corrected chi connectivity index (χ3v) is 5.48. The van der Waals surface area contributed by atoms with Crippen molar-refractivity contribution in [3.63, 3.8) is 0 Å². The molecule has 1 saturated heterocycles. The number of anilines is 3. The Morgan fingerprint density at radius 1 is 0.938 bits per heavy atom. The topological polar surface area (TPSA) is 110 Å². The van der Waals surface area contributed by atoms with Crippen LogP contribution in [-0.2, 0) is 7.05 Å². The van der Waals surface area contributed by atoms with Crippen LogP contribution in [0.2, 0.25) is 0 Å². The van der Waals surface area contributed by atoms with Crippen LogP contribution in [0.25, 0.3) is 16.7 Å². The quantitative estimate of drug-likeness (QED) is 0.494. The summed E-state index contributed by atoms with van der Waals surface area (Å²) in [6, 6.07) is 12.9. The van der Waals surface area contributed by atoms with E-state index in [1.807, 2.05) is 36.5 Å². The summed E-state index contributed by atoms with van der Waals surface area (Å²) in [4.78, 5) is 41.0. The molecular weight excluding hydrogens is 408 g/mol. The van der Waals surface area contributed by atoms with Crippen LogP contribution in [0, 0.1) is 0 Å². The number of nitrogens with one attached hydrogen (secondary N) is 2. The number of piperazine rings is 1. The highest BCUT2D eigenvalue weighted by atomic mass is 16.2.